The fourth-order valence-corrected chi connectivity index (χ4v) is 3.84. The third-order valence-electron chi connectivity index (χ3n) is 5.29. The number of pyridine rings is 1. The van der Waals surface area contributed by atoms with E-state index in [9.17, 15) is 9.18 Å². The highest BCUT2D eigenvalue weighted by Gasteiger charge is 2.33. The van der Waals surface area contributed by atoms with Gasteiger partial charge in [-0.05, 0) is 49.1 Å². The number of carbonyl (C=O) groups excluding carboxylic acids is 1. The van der Waals surface area contributed by atoms with E-state index in [4.69, 9.17) is 0 Å². The Labute approximate surface area is 163 Å². The fourth-order valence-electron chi connectivity index (χ4n) is 3.84. The Morgan fingerprint density at radius 3 is 2.75 bits per heavy atom. The fraction of sp³-hybridized carbons (Fsp3) is 0.318. The van der Waals surface area contributed by atoms with Gasteiger partial charge in [0.05, 0.1) is 19.0 Å². The Hall–Kier alpha value is -3.02. The number of hydrogen-bond donors (Lipinski definition) is 0. The van der Waals surface area contributed by atoms with Crippen molar-refractivity contribution >= 4 is 5.91 Å². The van der Waals surface area contributed by atoms with Crippen LogP contribution in [0.4, 0.5) is 4.39 Å². The number of likely N-dealkylation sites (tertiary alicyclic amines) is 1. The van der Waals surface area contributed by atoms with E-state index in [1.54, 1.807) is 18.3 Å². The summed E-state index contributed by atoms with van der Waals surface area (Å²) in [6.07, 6.45) is 7.62. The van der Waals surface area contributed by atoms with Crippen molar-refractivity contribution in [1.29, 1.82) is 0 Å². The van der Waals surface area contributed by atoms with Crippen molar-refractivity contribution in [2.45, 2.75) is 38.8 Å². The maximum Gasteiger partial charge on any atom is 0.227 e. The molecule has 1 amide bonds. The normalized spacial score (nSPS) is 16.5. The van der Waals surface area contributed by atoms with Crippen molar-refractivity contribution in [1.82, 2.24) is 19.4 Å². The number of halogens is 1. The van der Waals surface area contributed by atoms with E-state index >= 15 is 0 Å². The van der Waals surface area contributed by atoms with Crippen molar-refractivity contribution < 1.29 is 9.18 Å². The maximum atomic E-state index is 13.1. The van der Waals surface area contributed by atoms with Crippen LogP contribution in [0.3, 0.4) is 0 Å². The molecule has 1 atom stereocenters. The van der Waals surface area contributed by atoms with Crippen LogP contribution in [0.25, 0.3) is 0 Å². The summed E-state index contributed by atoms with van der Waals surface area (Å²) in [7, 11) is 0. The van der Waals surface area contributed by atoms with Crippen LogP contribution in [0.5, 0.6) is 0 Å². The third-order valence-corrected chi connectivity index (χ3v) is 5.29. The first kappa shape index (κ1) is 18.3. The summed E-state index contributed by atoms with van der Waals surface area (Å²) < 4.78 is 15.3. The predicted molar refractivity (Wildman–Crippen MR) is 104 cm³/mol. The Kier molecular flexibility index (Phi) is 5.19. The highest BCUT2D eigenvalue weighted by Crippen LogP contribution is 2.32. The van der Waals surface area contributed by atoms with Crippen LogP contribution in [0.1, 0.15) is 41.5 Å². The molecule has 1 saturated heterocycles. The molecule has 0 aliphatic carbocycles. The Morgan fingerprint density at radius 2 is 2.00 bits per heavy atom. The molecule has 3 heterocycles. The average Bonchev–Trinajstić information content (AvgIpc) is 3.32. The van der Waals surface area contributed by atoms with Crippen LogP contribution in [-0.4, -0.2) is 31.9 Å². The number of nitrogens with zero attached hydrogens (tertiary/aromatic N) is 4. The van der Waals surface area contributed by atoms with Crippen molar-refractivity contribution in [2.75, 3.05) is 6.54 Å². The largest absolute Gasteiger partial charge is 0.332 e. The lowest BCUT2D eigenvalue weighted by Gasteiger charge is -2.25. The number of carbonyl (C=O) groups is 1. The second kappa shape index (κ2) is 7.92. The molecule has 0 spiro atoms. The molecule has 3 aromatic rings. The molecule has 0 bridgehead atoms. The molecule has 144 valence electrons. The topological polar surface area (TPSA) is 51.0 Å². The van der Waals surface area contributed by atoms with E-state index in [-0.39, 0.29) is 24.2 Å². The molecule has 6 heteroatoms. The van der Waals surface area contributed by atoms with Gasteiger partial charge in [-0.3, -0.25) is 9.78 Å². The number of amides is 1. The van der Waals surface area contributed by atoms with Crippen molar-refractivity contribution in [3.8, 4) is 0 Å². The summed E-state index contributed by atoms with van der Waals surface area (Å²) in [6, 6.07) is 10.1. The van der Waals surface area contributed by atoms with Gasteiger partial charge in [0, 0.05) is 30.8 Å². The second-order valence-corrected chi connectivity index (χ2v) is 7.25. The summed E-state index contributed by atoms with van der Waals surface area (Å²) in [5, 5.41) is 0. The van der Waals surface area contributed by atoms with Gasteiger partial charge in [-0.15, -0.1) is 0 Å². The van der Waals surface area contributed by atoms with Crippen molar-refractivity contribution in [3.05, 3.63) is 83.5 Å². The smallest absolute Gasteiger partial charge is 0.227 e. The van der Waals surface area contributed by atoms with Crippen LogP contribution >= 0.6 is 0 Å². The Bertz CT molecular complexity index is 952. The zero-order chi connectivity index (χ0) is 19.5. The van der Waals surface area contributed by atoms with Crippen molar-refractivity contribution in [2.24, 2.45) is 0 Å². The summed E-state index contributed by atoms with van der Waals surface area (Å²) in [5.41, 5.74) is 3.00. The standard InChI is InChI=1S/C22H23FN4O/c1-16-13-25-22(27(16)15-18-4-2-10-24-14-18)20-5-3-11-26(20)21(28)12-17-6-8-19(23)9-7-17/h2,4,6-10,13-14,20H,3,5,11-12,15H2,1H3. The molecule has 1 fully saturated rings. The number of rotatable bonds is 5. The zero-order valence-corrected chi connectivity index (χ0v) is 15.9. The van der Waals surface area contributed by atoms with Gasteiger partial charge in [0.2, 0.25) is 5.91 Å². The minimum Gasteiger partial charge on any atom is -0.332 e. The molecule has 1 aliphatic heterocycles. The van der Waals surface area contributed by atoms with E-state index < -0.39 is 0 Å². The first-order valence-electron chi connectivity index (χ1n) is 9.56. The minimum absolute atomic E-state index is 0.0293. The number of aryl methyl sites for hydroxylation is 1. The number of benzene rings is 1. The average molecular weight is 378 g/mol. The number of hydrogen-bond acceptors (Lipinski definition) is 3. The second-order valence-electron chi connectivity index (χ2n) is 7.25. The van der Waals surface area contributed by atoms with Crippen LogP contribution in [0.2, 0.25) is 0 Å². The van der Waals surface area contributed by atoms with Gasteiger partial charge in [0.25, 0.3) is 0 Å². The first-order chi connectivity index (χ1) is 13.6. The van der Waals surface area contributed by atoms with Gasteiger partial charge in [-0.1, -0.05) is 18.2 Å². The van der Waals surface area contributed by atoms with Crippen LogP contribution in [0, 0.1) is 12.7 Å². The highest BCUT2D eigenvalue weighted by atomic mass is 19.1. The van der Waals surface area contributed by atoms with Crippen LogP contribution in [-0.2, 0) is 17.8 Å². The zero-order valence-electron chi connectivity index (χ0n) is 15.9. The van der Waals surface area contributed by atoms with Gasteiger partial charge in [0.15, 0.2) is 0 Å². The molecule has 2 aromatic heterocycles. The van der Waals surface area contributed by atoms with Crippen molar-refractivity contribution in [3.63, 3.8) is 0 Å². The van der Waals surface area contributed by atoms with Gasteiger partial charge in [-0.2, -0.15) is 0 Å². The Balaban J connectivity index is 1.55. The quantitative estimate of drug-likeness (QED) is 0.681. The van der Waals surface area contributed by atoms with Gasteiger partial charge < -0.3 is 9.47 Å². The summed E-state index contributed by atoms with van der Waals surface area (Å²) in [6.45, 7) is 3.45. The maximum absolute atomic E-state index is 13.1. The lowest BCUT2D eigenvalue weighted by molar-refractivity contribution is -0.131. The highest BCUT2D eigenvalue weighted by molar-refractivity contribution is 5.79. The monoisotopic (exact) mass is 378 g/mol. The SMILES string of the molecule is Cc1cnc(C2CCCN2C(=O)Cc2ccc(F)cc2)n1Cc1cccnc1. The van der Waals surface area contributed by atoms with E-state index in [2.05, 4.69) is 14.5 Å². The number of imidazole rings is 1. The molecule has 28 heavy (non-hydrogen) atoms. The van der Waals surface area contributed by atoms with Gasteiger partial charge in [-0.25, -0.2) is 9.37 Å². The van der Waals surface area contributed by atoms with E-state index in [0.29, 0.717) is 6.54 Å². The molecule has 1 aliphatic rings. The van der Waals surface area contributed by atoms with Gasteiger partial charge in [0.1, 0.15) is 11.6 Å². The van der Waals surface area contributed by atoms with E-state index in [0.717, 1.165) is 42.0 Å². The molecule has 1 unspecified atom stereocenters. The molecule has 0 N–H and O–H groups in total. The minimum atomic E-state index is -0.289. The first-order valence-corrected chi connectivity index (χ1v) is 9.56. The van der Waals surface area contributed by atoms with Crippen LogP contribution < -0.4 is 0 Å². The molecule has 4 rings (SSSR count). The van der Waals surface area contributed by atoms with Crippen LogP contribution in [0.15, 0.2) is 55.0 Å². The molecule has 1 aromatic carbocycles. The Morgan fingerprint density at radius 1 is 1.18 bits per heavy atom. The summed E-state index contributed by atoms with van der Waals surface area (Å²) in [4.78, 5) is 23.7. The predicted octanol–water partition coefficient (Wildman–Crippen LogP) is 3.68. The molecule has 0 radical (unpaired) electrons. The molecule has 0 saturated carbocycles. The molecular weight excluding hydrogens is 355 g/mol. The molecule has 5 nitrogen and oxygen atoms in total. The third kappa shape index (κ3) is 3.81. The molecular formula is C22H23FN4O. The number of aromatic nitrogens is 3. The van der Waals surface area contributed by atoms with E-state index in [1.165, 1.54) is 12.1 Å². The lowest BCUT2D eigenvalue weighted by atomic mass is 10.1. The summed E-state index contributed by atoms with van der Waals surface area (Å²) >= 11 is 0. The van der Waals surface area contributed by atoms with Gasteiger partial charge >= 0.3 is 0 Å². The summed E-state index contributed by atoms with van der Waals surface area (Å²) in [5.74, 6) is 0.692. The van der Waals surface area contributed by atoms with E-state index in [1.807, 2.05) is 36.4 Å². The lowest BCUT2D eigenvalue weighted by Crippen LogP contribution is -2.33.